The Balaban J connectivity index is 1.42. The summed E-state index contributed by atoms with van der Waals surface area (Å²) in [5.74, 6) is 0.861. The predicted molar refractivity (Wildman–Crippen MR) is 162 cm³/mol. The first-order chi connectivity index (χ1) is 20.0. The number of nitrogens with one attached hydrogen (secondary N) is 1. The van der Waals surface area contributed by atoms with E-state index in [0.29, 0.717) is 40.9 Å². The Kier molecular flexibility index (Phi) is 9.08. The Morgan fingerprint density at radius 3 is 2.40 bits per heavy atom. The van der Waals surface area contributed by atoms with E-state index >= 15 is 0 Å². The third-order valence-electron chi connectivity index (χ3n) is 6.62. The van der Waals surface area contributed by atoms with Crippen molar-refractivity contribution in [2.45, 2.75) is 58.3 Å². The minimum absolute atomic E-state index is 0.0250. The minimum Gasteiger partial charge on any atom is -0.487 e. The van der Waals surface area contributed by atoms with Crippen molar-refractivity contribution in [2.24, 2.45) is 0 Å². The van der Waals surface area contributed by atoms with Crippen molar-refractivity contribution in [3.8, 4) is 17.6 Å². The zero-order valence-electron chi connectivity index (χ0n) is 24.8. The van der Waals surface area contributed by atoms with Crippen molar-refractivity contribution in [1.29, 1.82) is 5.26 Å². The molecule has 0 atom stereocenters. The highest BCUT2D eigenvalue weighted by Gasteiger charge is 2.36. The number of nitrogens with zero attached hydrogens (tertiary/aromatic N) is 4. The summed E-state index contributed by atoms with van der Waals surface area (Å²) in [5.41, 5.74) is 1.49. The van der Waals surface area contributed by atoms with Crippen LogP contribution < -0.4 is 14.2 Å². The second-order valence-corrected chi connectivity index (χ2v) is 13.9. The van der Waals surface area contributed by atoms with E-state index in [-0.39, 0.29) is 18.7 Å². The summed E-state index contributed by atoms with van der Waals surface area (Å²) in [6.07, 6.45) is 1.77. The van der Waals surface area contributed by atoms with E-state index < -0.39 is 27.1 Å². The van der Waals surface area contributed by atoms with Crippen LogP contribution in [0.4, 0.5) is 10.7 Å². The van der Waals surface area contributed by atoms with Crippen LogP contribution in [0.1, 0.15) is 57.0 Å². The van der Waals surface area contributed by atoms with Crippen molar-refractivity contribution in [2.75, 3.05) is 24.1 Å². The number of nitriles is 1. The molecule has 0 radical (unpaired) electrons. The van der Waals surface area contributed by atoms with Crippen LogP contribution in [0, 0.1) is 11.3 Å². The molecule has 228 valence electrons. The molecule has 1 N–H and O–H groups in total. The monoisotopic (exact) mass is 627 g/mol. The van der Waals surface area contributed by atoms with Crippen molar-refractivity contribution >= 4 is 33.7 Å². The van der Waals surface area contributed by atoms with Gasteiger partial charge in [0, 0.05) is 11.6 Å². The first-order valence-electron chi connectivity index (χ1n) is 13.5. The number of hydrogen-bond donors (Lipinski definition) is 1. The zero-order chi connectivity index (χ0) is 31.6. The van der Waals surface area contributed by atoms with Crippen molar-refractivity contribution < 1.29 is 27.4 Å². The van der Waals surface area contributed by atoms with E-state index in [0.717, 1.165) is 17.4 Å². The summed E-state index contributed by atoms with van der Waals surface area (Å²) in [6.45, 7) is 10.3. The van der Waals surface area contributed by atoms with E-state index in [1.54, 1.807) is 23.1 Å². The van der Waals surface area contributed by atoms with Gasteiger partial charge in [0.15, 0.2) is 5.75 Å². The number of halogens is 1. The first-order valence-corrected chi connectivity index (χ1v) is 15.7. The maximum Gasteiger partial charge on any atom is 0.410 e. The van der Waals surface area contributed by atoms with E-state index in [2.05, 4.69) is 20.8 Å². The van der Waals surface area contributed by atoms with Crippen LogP contribution in [-0.2, 0) is 26.8 Å². The molecule has 1 saturated heterocycles. The Morgan fingerprint density at radius 2 is 1.79 bits per heavy atom. The lowest BCUT2D eigenvalue weighted by Gasteiger charge is -2.39. The highest BCUT2D eigenvalue weighted by Crippen LogP contribution is 2.39. The van der Waals surface area contributed by atoms with Gasteiger partial charge in [-0.3, -0.25) is 4.72 Å². The van der Waals surface area contributed by atoms with Crippen LogP contribution >= 0.6 is 11.6 Å². The molecule has 1 fully saturated rings. The van der Waals surface area contributed by atoms with Crippen molar-refractivity contribution in [3.05, 3.63) is 76.1 Å². The Hall–Kier alpha value is -4.08. The molecule has 2 aromatic carbocycles. The molecule has 4 rings (SSSR count). The number of carbonyl (C=O) groups excluding carboxylic acids is 1. The van der Waals surface area contributed by atoms with Gasteiger partial charge in [-0.2, -0.15) is 5.26 Å². The highest BCUT2D eigenvalue weighted by atomic mass is 35.5. The average molecular weight is 628 g/mol. The molecule has 0 spiro atoms. The lowest BCUT2D eigenvalue weighted by atomic mass is 9.77. The van der Waals surface area contributed by atoms with Gasteiger partial charge in [-0.05, 0) is 62.2 Å². The molecule has 1 aliphatic rings. The number of likely N-dealkylation sites (tertiary alicyclic amines) is 1. The zero-order valence-corrected chi connectivity index (χ0v) is 26.4. The molecule has 1 aromatic heterocycles. The molecule has 0 bridgehead atoms. The number of amides is 1. The molecule has 1 aliphatic heterocycles. The SMILES string of the molecule is CC(C)(C)OC(=O)N1CC(Oc2c(Cl)cc(C(C)(C)c3ccc(OCc4ccnc(NS(C)(=O)=O)n4)cc3)cc2C#N)C1. The summed E-state index contributed by atoms with van der Waals surface area (Å²) in [5, 5.41) is 10.2. The number of anilines is 1. The number of aromatic nitrogens is 2. The molecule has 0 saturated carbocycles. The Labute approximate surface area is 256 Å². The topological polar surface area (TPSA) is 144 Å². The molecule has 3 aromatic rings. The maximum atomic E-state index is 12.2. The number of carbonyl (C=O) groups is 1. The van der Waals surface area contributed by atoms with Crippen LogP contribution in [0.3, 0.4) is 0 Å². The number of hydrogen-bond acceptors (Lipinski definition) is 9. The fourth-order valence-corrected chi connectivity index (χ4v) is 4.99. The van der Waals surface area contributed by atoms with Gasteiger partial charge in [-0.25, -0.2) is 23.2 Å². The lowest BCUT2D eigenvalue weighted by Crippen LogP contribution is -2.57. The van der Waals surface area contributed by atoms with E-state index in [4.69, 9.17) is 25.8 Å². The summed E-state index contributed by atoms with van der Waals surface area (Å²) < 4.78 is 42.4. The number of benzene rings is 2. The van der Waals surface area contributed by atoms with Gasteiger partial charge in [-0.1, -0.05) is 37.6 Å². The third-order valence-corrected chi connectivity index (χ3v) is 7.46. The fourth-order valence-electron chi connectivity index (χ4n) is 4.30. The molecule has 11 nitrogen and oxygen atoms in total. The van der Waals surface area contributed by atoms with E-state index in [1.807, 2.05) is 58.9 Å². The Bertz CT molecular complexity index is 1640. The summed E-state index contributed by atoms with van der Waals surface area (Å²) in [7, 11) is -3.49. The molecule has 0 aliphatic carbocycles. The van der Waals surface area contributed by atoms with Gasteiger partial charge in [0.1, 0.15) is 30.1 Å². The molecule has 13 heteroatoms. The van der Waals surface area contributed by atoms with Gasteiger partial charge in [0.05, 0.1) is 35.6 Å². The summed E-state index contributed by atoms with van der Waals surface area (Å²) in [4.78, 5) is 21.8. The molecule has 43 heavy (non-hydrogen) atoms. The van der Waals surface area contributed by atoms with Crippen LogP contribution in [0.5, 0.6) is 11.5 Å². The molecule has 0 unspecified atom stereocenters. The minimum atomic E-state index is -3.49. The van der Waals surface area contributed by atoms with E-state index in [1.165, 1.54) is 6.20 Å². The second kappa shape index (κ2) is 12.3. The predicted octanol–water partition coefficient (Wildman–Crippen LogP) is 5.28. The van der Waals surface area contributed by atoms with Gasteiger partial charge in [-0.15, -0.1) is 0 Å². The smallest absolute Gasteiger partial charge is 0.410 e. The van der Waals surface area contributed by atoms with Crippen molar-refractivity contribution in [3.63, 3.8) is 0 Å². The maximum absolute atomic E-state index is 12.2. The van der Waals surface area contributed by atoms with Gasteiger partial charge >= 0.3 is 6.09 Å². The summed E-state index contributed by atoms with van der Waals surface area (Å²) in [6, 6.07) is 14.9. The third kappa shape index (κ3) is 8.27. The average Bonchev–Trinajstić information content (AvgIpc) is 2.88. The second-order valence-electron chi connectivity index (χ2n) is 11.8. The molecule has 1 amide bonds. The largest absolute Gasteiger partial charge is 0.487 e. The normalized spacial score (nSPS) is 14.0. The van der Waals surface area contributed by atoms with Gasteiger partial charge < -0.3 is 19.1 Å². The summed E-state index contributed by atoms with van der Waals surface area (Å²) >= 11 is 6.64. The van der Waals surface area contributed by atoms with Gasteiger partial charge in [0.2, 0.25) is 16.0 Å². The van der Waals surface area contributed by atoms with Crippen LogP contribution in [0.2, 0.25) is 5.02 Å². The standard InChI is InChI=1S/C30H34ClN5O6S/c1-29(2,3)42-28(37)36-16-24(17-36)41-26-19(15-32)13-21(14-25(26)31)30(4,5)20-7-9-23(10-8-20)40-18-22-11-12-33-27(34-22)35-43(6,38)39/h7-14,24H,16-18H2,1-6H3,(H,33,34,35). The fraction of sp³-hybridized carbons (Fsp3) is 0.400. The quantitative estimate of drug-likeness (QED) is 0.335. The lowest BCUT2D eigenvalue weighted by molar-refractivity contribution is -0.0221. The highest BCUT2D eigenvalue weighted by molar-refractivity contribution is 7.91. The Morgan fingerprint density at radius 1 is 1.12 bits per heavy atom. The first kappa shape index (κ1) is 31.8. The number of rotatable bonds is 9. The van der Waals surface area contributed by atoms with Crippen LogP contribution in [0.25, 0.3) is 0 Å². The molecular weight excluding hydrogens is 594 g/mol. The number of ether oxygens (including phenoxy) is 3. The molecular formula is C30H34ClN5O6S. The van der Waals surface area contributed by atoms with E-state index in [9.17, 15) is 18.5 Å². The van der Waals surface area contributed by atoms with Crippen molar-refractivity contribution in [1.82, 2.24) is 14.9 Å². The molecule has 2 heterocycles. The number of sulfonamides is 1. The van der Waals surface area contributed by atoms with Crippen LogP contribution in [0.15, 0.2) is 48.7 Å². The van der Waals surface area contributed by atoms with Crippen LogP contribution in [-0.4, -0.2) is 60.4 Å². The van der Waals surface area contributed by atoms with Gasteiger partial charge in [0.25, 0.3) is 0 Å².